The number of esters is 1. The van der Waals surface area contributed by atoms with E-state index in [-0.39, 0.29) is 5.69 Å². The van der Waals surface area contributed by atoms with E-state index in [4.69, 9.17) is 10.5 Å². The molecule has 102 valence electrons. The lowest BCUT2D eigenvalue weighted by molar-refractivity contribution is 0.0592. The summed E-state index contributed by atoms with van der Waals surface area (Å²) < 4.78 is 7.43. The third-order valence-electron chi connectivity index (χ3n) is 2.53. The summed E-state index contributed by atoms with van der Waals surface area (Å²) in [6.45, 7) is 0.987. The molecule has 0 unspecified atom stereocenters. The van der Waals surface area contributed by atoms with Crippen molar-refractivity contribution in [3.8, 4) is 0 Å². The molecule has 2 aromatic rings. The Hall–Kier alpha value is -1.25. The number of methoxy groups -OCH3 is 1. The van der Waals surface area contributed by atoms with Crippen LogP contribution in [0.4, 0.5) is 0 Å². The number of thiophene rings is 1. The van der Waals surface area contributed by atoms with Crippen LogP contribution in [0.2, 0.25) is 0 Å². The highest BCUT2D eigenvalue weighted by molar-refractivity contribution is 9.11. The Labute approximate surface area is 122 Å². The zero-order valence-electron chi connectivity index (χ0n) is 10.3. The van der Waals surface area contributed by atoms with Crippen molar-refractivity contribution in [1.29, 1.82) is 0 Å². The lowest BCUT2D eigenvalue weighted by atomic mass is 10.2. The lowest BCUT2D eigenvalue weighted by Gasteiger charge is -2.05. The number of nitrogens with two attached hydrogens (primary N) is 1. The zero-order chi connectivity index (χ0) is 13.8. The van der Waals surface area contributed by atoms with Crippen LogP contribution in [-0.2, 0) is 17.7 Å². The lowest BCUT2D eigenvalue weighted by Crippen LogP contribution is -2.14. The van der Waals surface area contributed by atoms with Crippen LogP contribution >= 0.6 is 27.3 Å². The Morgan fingerprint density at radius 1 is 1.58 bits per heavy atom. The third-order valence-corrected chi connectivity index (χ3v) is 4.14. The van der Waals surface area contributed by atoms with Crippen LogP contribution < -0.4 is 5.73 Å². The van der Waals surface area contributed by atoms with Crippen molar-refractivity contribution in [2.75, 3.05) is 13.7 Å². The fourth-order valence-electron chi connectivity index (χ4n) is 1.68. The molecule has 8 heteroatoms. The summed E-state index contributed by atoms with van der Waals surface area (Å²) in [5, 5.41) is 7.89. The van der Waals surface area contributed by atoms with Gasteiger partial charge in [-0.2, -0.15) is 0 Å². The van der Waals surface area contributed by atoms with E-state index in [9.17, 15) is 4.79 Å². The molecule has 0 spiro atoms. The van der Waals surface area contributed by atoms with Crippen LogP contribution in [0.15, 0.2) is 15.9 Å². The predicted molar refractivity (Wildman–Crippen MR) is 75.2 cm³/mol. The maximum absolute atomic E-state index is 11.6. The molecule has 0 aliphatic heterocycles. The van der Waals surface area contributed by atoms with E-state index in [0.717, 1.165) is 8.66 Å². The summed E-state index contributed by atoms with van der Waals surface area (Å²) in [6.07, 6.45) is 0.532. The van der Waals surface area contributed by atoms with Crippen LogP contribution in [0.1, 0.15) is 21.1 Å². The Morgan fingerprint density at radius 3 is 2.95 bits per heavy atom. The van der Waals surface area contributed by atoms with Crippen LogP contribution in [0.3, 0.4) is 0 Å². The minimum atomic E-state index is -0.484. The van der Waals surface area contributed by atoms with Gasteiger partial charge in [-0.1, -0.05) is 5.21 Å². The van der Waals surface area contributed by atoms with Gasteiger partial charge in [0.15, 0.2) is 5.69 Å². The molecule has 19 heavy (non-hydrogen) atoms. The van der Waals surface area contributed by atoms with Gasteiger partial charge in [-0.3, -0.25) is 0 Å². The van der Waals surface area contributed by atoms with Gasteiger partial charge in [0.2, 0.25) is 0 Å². The second-order valence-corrected chi connectivity index (χ2v) is 6.33. The van der Waals surface area contributed by atoms with Crippen molar-refractivity contribution in [2.45, 2.75) is 13.0 Å². The molecule has 0 atom stereocenters. The second kappa shape index (κ2) is 6.27. The monoisotopic (exact) mass is 344 g/mol. The van der Waals surface area contributed by atoms with Gasteiger partial charge >= 0.3 is 5.97 Å². The normalized spacial score (nSPS) is 10.7. The number of aromatic nitrogens is 3. The maximum atomic E-state index is 11.6. The van der Waals surface area contributed by atoms with E-state index >= 15 is 0 Å². The predicted octanol–water partition coefficient (Wildman–Crippen LogP) is 1.44. The van der Waals surface area contributed by atoms with Gasteiger partial charge in [0, 0.05) is 11.3 Å². The molecule has 0 amide bonds. The summed E-state index contributed by atoms with van der Waals surface area (Å²) >= 11 is 5.03. The molecule has 2 aromatic heterocycles. The van der Waals surface area contributed by atoms with Crippen molar-refractivity contribution in [3.05, 3.63) is 32.2 Å². The topological polar surface area (TPSA) is 83.0 Å². The Morgan fingerprint density at radius 2 is 2.37 bits per heavy atom. The largest absolute Gasteiger partial charge is 0.464 e. The van der Waals surface area contributed by atoms with Gasteiger partial charge < -0.3 is 10.5 Å². The summed E-state index contributed by atoms with van der Waals surface area (Å²) in [5.41, 5.74) is 6.52. The summed E-state index contributed by atoms with van der Waals surface area (Å²) in [6, 6.07) is 3.97. The van der Waals surface area contributed by atoms with E-state index in [2.05, 4.69) is 26.2 Å². The van der Waals surface area contributed by atoms with E-state index in [0.29, 0.717) is 25.2 Å². The molecule has 2 rings (SSSR count). The first-order chi connectivity index (χ1) is 9.15. The summed E-state index contributed by atoms with van der Waals surface area (Å²) in [5.74, 6) is -0.484. The van der Waals surface area contributed by atoms with E-state index < -0.39 is 5.97 Å². The Balaban J connectivity index is 2.29. The van der Waals surface area contributed by atoms with Gasteiger partial charge in [-0.25, -0.2) is 9.48 Å². The maximum Gasteiger partial charge on any atom is 0.360 e. The zero-order valence-corrected chi connectivity index (χ0v) is 12.7. The fraction of sp³-hybridized carbons (Fsp3) is 0.364. The molecular weight excluding hydrogens is 332 g/mol. The van der Waals surface area contributed by atoms with Crippen molar-refractivity contribution in [2.24, 2.45) is 5.73 Å². The average Bonchev–Trinajstić information content (AvgIpc) is 2.97. The molecule has 0 bridgehead atoms. The molecule has 0 aromatic carbocycles. The highest BCUT2D eigenvalue weighted by atomic mass is 79.9. The number of ether oxygens (including phenoxy) is 1. The molecule has 2 N–H and O–H groups in total. The Kier molecular flexibility index (Phi) is 4.67. The van der Waals surface area contributed by atoms with E-state index in [1.165, 1.54) is 7.11 Å². The van der Waals surface area contributed by atoms with E-state index in [1.807, 2.05) is 12.1 Å². The minimum Gasteiger partial charge on any atom is -0.464 e. The molecule has 6 nitrogen and oxygen atoms in total. The first-order valence-electron chi connectivity index (χ1n) is 5.60. The van der Waals surface area contributed by atoms with Crippen molar-refractivity contribution in [3.63, 3.8) is 0 Å². The molecule has 0 saturated heterocycles. The molecular formula is C11H13BrN4O2S. The SMILES string of the molecule is COC(=O)c1nnn(Cc2ccc(Br)s2)c1CCN. The highest BCUT2D eigenvalue weighted by Gasteiger charge is 2.19. The third kappa shape index (κ3) is 3.20. The van der Waals surface area contributed by atoms with Crippen LogP contribution in [0, 0.1) is 0 Å². The highest BCUT2D eigenvalue weighted by Crippen LogP contribution is 2.23. The number of hydrogen-bond donors (Lipinski definition) is 1. The summed E-state index contributed by atoms with van der Waals surface area (Å²) in [7, 11) is 1.32. The fourth-order valence-corrected chi connectivity index (χ4v) is 3.15. The first-order valence-corrected chi connectivity index (χ1v) is 7.21. The Bertz CT molecular complexity index is 581. The van der Waals surface area contributed by atoms with Crippen LogP contribution in [0.25, 0.3) is 0 Å². The van der Waals surface area contributed by atoms with Gasteiger partial charge in [-0.05, 0) is 34.6 Å². The number of carbonyl (C=O) groups excluding carboxylic acids is 1. The molecule has 2 heterocycles. The number of halogens is 1. The molecule has 0 saturated carbocycles. The minimum absolute atomic E-state index is 0.239. The van der Waals surface area contributed by atoms with Crippen LogP contribution in [0.5, 0.6) is 0 Å². The molecule has 0 fully saturated rings. The number of carbonyl (C=O) groups is 1. The second-order valence-electron chi connectivity index (χ2n) is 3.78. The van der Waals surface area contributed by atoms with Crippen molar-refractivity contribution < 1.29 is 9.53 Å². The summed E-state index contributed by atoms with van der Waals surface area (Å²) in [4.78, 5) is 12.7. The molecule has 0 radical (unpaired) electrons. The van der Waals surface area contributed by atoms with Gasteiger partial charge in [0.1, 0.15) is 0 Å². The van der Waals surface area contributed by atoms with Gasteiger partial charge in [-0.15, -0.1) is 16.4 Å². The van der Waals surface area contributed by atoms with Crippen molar-refractivity contribution >= 4 is 33.2 Å². The first kappa shape index (κ1) is 14.2. The van der Waals surface area contributed by atoms with E-state index in [1.54, 1.807) is 16.0 Å². The van der Waals surface area contributed by atoms with Crippen molar-refractivity contribution in [1.82, 2.24) is 15.0 Å². The quantitative estimate of drug-likeness (QED) is 0.829. The number of nitrogens with zero attached hydrogens (tertiary/aromatic N) is 3. The van der Waals surface area contributed by atoms with Gasteiger partial charge in [0.25, 0.3) is 0 Å². The van der Waals surface area contributed by atoms with Crippen LogP contribution in [-0.4, -0.2) is 34.6 Å². The number of rotatable bonds is 5. The molecule has 0 aliphatic rings. The molecule has 0 aliphatic carbocycles. The average molecular weight is 345 g/mol. The van der Waals surface area contributed by atoms with Gasteiger partial charge in [0.05, 0.1) is 23.1 Å². The standard InChI is InChI=1S/C11H13BrN4O2S/c1-18-11(17)10-8(4-5-13)16(15-14-10)6-7-2-3-9(12)19-7/h2-3H,4-6,13H2,1H3. The number of hydrogen-bond acceptors (Lipinski definition) is 6. The smallest absolute Gasteiger partial charge is 0.360 e.